The summed E-state index contributed by atoms with van der Waals surface area (Å²) in [4.78, 5) is 11.7. The zero-order valence-corrected chi connectivity index (χ0v) is 10.7. The van der Waals surface area contributed by atoms with Gasteiger partial charge in [-0.25, -0.2) is 0 Å². The van der Waals surface area contributed by atoms with Crippen molar-refractivity contribution in [1.29, 1.82) is 0 Å². The van der Waals surface area contributed by atoms with Crippen molar-refractivity contribution in [2.75, 3.05) is 0 Å². The summed E-state index contributed by atoms with van der Waals surface area (Å²) in [6.45, 7) is 3.72. The Morgan fingerprint density at radius 3 is 2.33 bits per heavy atom. The number of carbonyl (C=O) groups is 1. The zero-order valence-electron chi connectivity index (χ0n) is 10.7. The van der Waals surface area contributed by atoms with Crippen molar-refractivity contribution in [2.45, 2.75) is 32.1 Å². The molecule has 0 atom stereocenters. The zero-order chi connectivity index (χ0) is 12.8. The number of benzene rings is 1. The fourth-order valence-electron chi connectivity index (χ4n) is 2.37. The molecule has 0 N–H and O–H groups in total. The average Bonchev–Trinajstić information content (AvgIpc) is 3.03. The molecule has 1 aliphatic rings. The summed E-state index contributed by atoms with van der Waals surface area (Å²) in [5.41, 5.74) is 1.97. The Balaban J connectivity index is 1.95. The van der Waals surface area contributed by atoms with E-state index < -0.39 is 0 Å². The minimum absolute atomic E-state index is 0.215. The lowest BCUT2D eigenvalue weighted by atomic mass is 9.99. The van der Waals surface area contributed by atoms with Gasteiger partial charge in [-0.15, -0.1) is 0 Å². The normalized spacial score (nSPS) is 16.6. The first-order chi connectivity index (χ1) is 8.62. The highest BCUT2D eigenvalue weighted by Crippen LogP contribution is 2.50. The predicted molar refractivity (Wildman–Crippen MR) is 70.5 cm³/mol. The van der Waals surface area contributed by atoms with Gasteiger partial charge in [-0.3, -0.25) is 4.79 Å². The number of hydrogen-bond donors (Lipinski definition) is 0. The van der Waals surface area contributed by atoms with Crippen LogP contribution in [0.5, 0.6) is 0 Å². The molecule has 1 aromatic carbocycles. The van der Waals surface area contributed by atoms with Gasteiger partial charge in [0.2, 0.25) is 0 Å². The van der Waals surface area contributed by atoms with E-state index in [0.717, 1.165) is 29.9 Å². The molecule has 1 fully saturated rings. The first-order valence-corrected chi connectivity index (χ1v) is 6.30. The van der Waals surface area contributed by atoms with Gasteiger partial charge in [0.15, 0.2) is 0 Å². The molecule has 0 aliphatic heterocycles. The third-order valence-corrected chi connectivity index (χ3v) is 3.84. The first-order valence-electron chi connectivity index (χ1n) is 6.30. The smallest absolute Gasteiger partial charge is 0.143 e. The van der Waals surface area contributed by atoms with Crippen LogP contribution in [0.2, 0.25) is 0 Å². The molecule has 18 heavy (non-hydrogen) atoms. The van der Waals surface area contributed by atoms with Gasteiger partial charge in [-0.1, -0.05) is 29.8 Å². The Bertz CT molecular complexity index is 586. The standard InChI is InChI=1S/C16H16O2/c1-11-3-5-13(6-4-11)14-7-8-15(18-14)16(9-10-16)12(2)17/h3-8H,9-10H2,1-2H3. The van der Waals surface area contributed by atoms with E-state index in [1.54, 1.807) is 6.92 Å². The second-order valence-corrected chi connectivity index (χ2v) is 5.17. The van der Waals surface area contributed by atoms with E-state index in [0.29, 0.717) is 0 Å². The first kappa shape index (κ1) is 11.3. The van der Waals surface area contributed by atoms with Crippen molar-refractivity contribution >= 4 is 5.78 Å². The SMILES string of the molecule is CC(=O)C1(c2ccc(-c3ccc(C)cc3)o2)CC1. The molecule has 2 nitrogen and oxygen atoms in total. The van der Waals surface area contributed by atoms with E-state index in [4.69, 9.17) is 4.42 Å². The number of rotatable bonds is 3. The van der Waals surface area contributed by atoms with Crippen LogP contribution in [0.15, 0.2) is 40.8 Å². The fraction of sp³-hybridized carbons (Fsp3) is 0.312. The summed E-state index contributed by atoms with van der Waals surface area (Å²) in [5.74, 6) is 1.88. The summed E-state index contributed by atoms with van der Waals surface area (Å²) in [5, 5.41) is 0. The minimum atomic E-state index is -0.317. The van der Waals surface area contributed by atoms with Gasteiger partial charge < -0.3 is 4.42 Å². The maximum atomic E-state index is 11.7. The quantitative estimate of drug-likeness (QED) is 0.815. The molecule has 0 spiro atoms. The van der Waals surface area contributed by atoms with Crippen LogP contribution in [0, 0.1) is 6.92 Å². The number of ketones is 1. The molecular formula is C16H16O2. The van der Waals surface area contributed by atoms with Crippen LogP contribution in [0.3, 0.4) is 0 Å². The maximum Gasteiger partial charge on any atom is 0.143 e. The lowest BCUT2D eigenvalue weighted by Crippen LogP contribution is -2.15. The topological polar surface area (TPSA) is 30.2 Å². The monoisotopic (exact) mass is 240 g/mol. The number of aryl methyl sites for hydroxylation is 1. The van der Waals surface area contributed by atoms with E-state index in [1.807, 2.05) is 24.3 Å². The second-order valence-electron chi connectivity index (χ2n) is 5.17. The van der Waals surface area contributed by atoms with Crippen LogP contribution in [-0.2, 0) is 10.2 Å². The van der Waals surface area contributed by atoms with Gasteiger partial charge >= 0.3 is 0 Å². The minimum Gasteiger partial charge on any atom is -0.460 e. The highest BCUT2D eigenvalue weighted by Gasteiger charge is 2.51. The van der Waals surface area contributed by atoms with E-state index in [1.165, 1.54) is 5.56 Å². The summed E-state index contributed by atoms with van der Waals surface area (Å²) >= 11 is 0. The molecule has 2 aromatic rings. The molecule has 0 saturated heterocycles. The lowest BCUT2D eigenvalue weighted by Gasteiger charge is -2.06. The summed E-state index contributed by atoms with van der Waals surface area (Å²) in [7, 11) is 0. The second kappa shape index (κ2) is 3.84. The number of Topliss-reactive ketones (excluding diaryl/α,β-unsaturated/α-hetero) is 1. The Morgan fingerprint density at radius 2 is 1.78 bits per heavy atom. The van der Waals surface area contributed by atoms with Crippen molar-refractivity contribution in [2.24, 2.45) is 0 Å². The molecule has 0 amide bonds. The predicted octanol–water partition coefficient (Wildman–Crippen LogP) is 3.88. The van der Waals surface area contributed by atoms with Crippen molar-refractivity contribution in [3.05, 3.63) is 47.7 Å². The van der Waals surface area contributed by atoms with Gasteiger partial charge in [-0.05, 0) is 38.8 Å². The van der Waals surface area contributed by atoms with Gasteiger partial charge in [-0.2, -0.15) is 0 Å². The molecule has 92 valence electrons. The van der Waals surface area contributed by atoms with Crippen LogP contribution >= 0.6 is 0 Å². The number of hydrogen-bond acceptors (Lipinski definition) is 2. The van der Waals surface area contributed by atoms with Crippen LogP contribution < -0.4 is 0 Å². The van der Waals surface area contributed by atoms with Crippen molar-refractivity contribution < 1.29 is 9.21 Å². The molecule has 1 aliphatic carbocycles. The van der Waals surface area contributed by atoms with Crippen LogP contribution in [-0.4, -0.2) is 5.78 Å². The van der Waals surface area contributed by atoms with Crippen LogP contribution in [0.4, 0.5) is 0 Å². The van der Waals surface area contributed by atoms with Crippen molar-refractivity contribution in [3.63, 3.8) is 0 Å². The average molecular weight is 240 g/mol. The summed E-state index contributed by atoms with van der Waals surface area (Å²) < 4.78 is 5.88. The highest BCUT2D eigenvalue weighted by molar-refractivity contribution is 5.90. The molecule has 3 rings (SSSR count). The van der Waals surface area contributed by atoms with E-state index in [-0.39, 0.29) is 11.2 Å². The molecule has 2 heteroatoms. The molecule has 0 unspecified atom stereocenters. The van der Waals surface area contributed by atoms with Gasteiger partial charge in [0.25, 0.3) is 0 Å². The summed E-state index contributed by atoms with van der Waals surface area (Å²) in [6, 6.07) is 12.1. The van der Waals surface area contributed by atoms with E-state index in [9.17, 15) is 4.79 Å². The number of furan rings is 1. The molecule has 0 radical (unpaired) electrons. The molecule has 1 aromatic heterocycles. The van der Waals surface area contributed by atoms with Crippen LogP contribution in [0.25, 0.3) is 11.3 Å². The summed E-state index contributed by atoms with van der Waals surface area (Å²) in [6.07, 6.45) is 1.84. The lowest BCUT2D eigenvalue weighted by molar-refractivity contribution is -0.119. The number of carbonyl (C=O) groups excluding carboxylic acids is 1. The maximum absolute atomic E-state index is 11.7. The molecule has 0 bridgehead atoms. The fourth-order valence-corrected chi connectivity index (χ4v) is 2.37. The van der Waals surface area contributed by atoms with Crippen molar-refractivity contribution in [3.8, 4) is 11.3 Å². The van der Waals surface area contributed by atoms with Gasteiger partial charge in [0.1, 0.15) is 17.3 Å². The third kappa shape index (κ3) is 1.69. The van der Waals surface area contributed by atoms with E-state index in [2.05, 4.69) is 19.1 Å². The van der Waals surface area contributed by atoms with E-state index >= 15 is 0 Å². The Hall–Kier alpha value is -1.83. The Labute approximate surface area is 107 Å². The Morgan fingerprint density at radius 1 is 1.11 bits per heavy atom. The largest absolute Gasteiger partial charge is 0.460 e. The van der Waals surface area contributed by atoms with Gasteiger partial charge in [0, 0.05) is 5.56 Å². The Kier molecular flexibility index (Phi) is 2.40. The van der Waals surface area contributed by atoms with Crippen LogP contribution in [0.1, 0.15) is 31.1 Å². The molecular weight excluding hydrogens is 224 g/mol. The van der Waals surface area contributed by atoms with Gasteiger partial charge in [0.05, 0.1) is 5.41 Å². The van der Waals surface area contributed by atoms with Crippen molar-refractivity contribution in [1.82, 2.24) is 0 Å². The highest BCUT2D eigenvalue weighted by atomic mass is 16.3. The molecule has 1 saturated carbocycles. The molecule has 1 heterocycles. The third-order valence-electron chi connectivity index (χ3n) is 3.84.